The average molecular weight is 986 g/mol. The van der Waals surface area contributed by atoms with Gasteiger partial charge in [-0.15, -0.1) is 0 Å². The Morgan fingerprint density at radius 2 is 0.507 bits per heavy atom. The molecule has 0 heterocycles. The molecular weight excluding hydrogens is 877 g/mol. The summed E-state index contributed by atoms with van der Waals surface area (Å²) < 4.78 is 16.8. The Hall–Kier alpha value is -3.93. The zero-order chi connectivity index (χ0) is 51.4. The molecule has 6 nitrogen and oxygen atoms in total. The third-order valence-corrected chi connectivity index (χ3v) is 12.2. The molecule has 0 amide bonds. The van der Waals surface area contributed by atoms with Crippen LogP contribution in [0.25, 0.3) is 0 Å². The molecule has 6 heteroatoms. The first-order chi connectivity index (χ1) is 35.0. The molecule has 404 valence electrons. The van der Waals surface area contributed by atoms with Gasteiger partial charge in [0, 0.05) is 19.3 Å². The van der Waals surface area contributed by atoms with Crippen LogP contribution in [0.2, 0.25) is 0 Å². The fourth-order valence-electron chi connectivity index (χ4n) is 7.76. The Kier molecular flexibility index (Phi) is 55.4. The smallest absolute Gasteiger partial charge is 0.306 e. The summed E-state index contributed by atoms with van der Waals surface area (Å²) in [7, 11) is 0. The molecule has 0 saturated heterocycles. The molecule has 0 unspecified atom stereocenters. The van der Waals surface area contributed by atoms with Crippen LogP contribution in [-0.4, -0.2) is 37.2 Å². The Morgan fingerprint density at radius 1 is 0.282 bits per heavy atom. The molecule has 0 N–H and O–H groups in total. The van der Waals surface area contributed by atoms with Crippen molar-refractivity contribution >= 4 is 17.9 Å². The fourth-order valence-corrected chi connectivity index (χ4v) is 7.76. The van der Waals surface area contributed by atoms with Crippen LogP contribution in [0.4, 0.5) is 0 Å². The number of hydrogen-bond donors (Lipinski definition) is 0. The molecule has 0 rings (SSSR count). The van der Waals surface area contributed by atoms with Crippen molar-refractivity contribution in [2.75, 3.05) is 13.2 Å². The van der Waals surface area contributed by atoms with Gasteiger partial charge in [-0.25, -0.2) is 0 Å². The maximum absolute atomic E-state index is 12.9. The minimum Gasteiger partial charge on any atom is -0.462 e. The molecular formula is C65H108O6. The summed E-state index contributed by atoms with van der Waals surface area (Å²) >= 11 is 0. The van der Waals surface area contributed by atoms with Crippen molar-refractivity contribution in [2.24, 2.45) is 0 Å². The van der Waals surface area contributed by atoms with E-state index in [2.05, 4.69) is 130 Å². The lowest BCUT2D eigenvalue weighted by Crippen LogP contribution is -2.30. The largest absolute Gasteiger partial charge is 0.462 e. The van der Waals surface area contributed by atoms with Gasteiger partial charge in [0.15, 0.2) is 6.10 Å². The molecule has 0 aromatic heterocycles. The van der Waals surface area contributed by atoms with Crippen LogP contribution in [-0.2, 0) is 28.6 Å². The fraction of sp³-hybridized carbons (Fsp3) is 0.677. The van der Waals surface area contributed by atoms with Crippen LogP contribution in [0.5, 0.6) is 0 Å². The quantitative estimate of drug-likeness (QED) is 0.0261. The van der Waals surface area contributed by atoms with E-state index < -0.39 is 6.10 Å². The highest BCUT2D eigenvalue weighted by Crippen LogP contribution is 2.13. The van der Waals surface area contributed by atoms with E-state index in [1.807, 2.05) is 0 Å². The molecule has 0 aromatic carbocycles. The van der Waals surface area contributed by atoms with E-state index >= 15 is 0 Å². The van der Waals surface area contributed by atoms with Crippen LogP contribution in [0.1, 0.15) is 265 Å². The number of esters is 3. The van der Waals surface area contributed by atoms with Gasteiger partial charge in [0.1, 0.15) is 13.2 Å². The van der Waals surface area contributed by atoms with Crippen molar-refractivity contribution in [2.45, 2.75) is 271 Å². The van der Waals surface area contributed by atoms with E-state index in [1.165, 1.54) is 89.9 Å². The molecule has 71 heavy (non-hydrogen) atoms. The van der Waals surface area contributed by atoms with E-state index in [0.29, 0.717) is 19.3 Å². The summed E-state index contributed by atoms with van der Waals surface area (Å²) in [6.07, 6.45) is 79.2. The number of allylic oxidation sites excluding steroid dienone is 18. The number of carbonyl (C=O) groups excluding carboxylic acids is 3. The van der Waals surface area contributed by atoms with E-state index in [4.69, 9.17) is 14.2 Å². The Morgan fingerprint density at radius 3 is 0.803 bits per heavy atom. The number of rotatable bonds is 52. The van der Waals surface area contributed by atoms with Crippen molar-refractivity contribution < 1.29 is 28.6 Å². The molecule has 0 aliphatic heterocycles. The van der Waals surface area contributed by atoms with E-state index in [9.17, 15) is 14.4 Å². The molecule has 0 aromatic rings. The normalized spacial score (nSPS) is 12.9. The minimum atomic E-state index is -0.807. The van der Waals surface area contributed by atoms with Crippen molar-refractivity contribution in [1.82, 2.24) is 0 Å². The number of hydrogen-bond acceptors (Lipinski definition) is 6. The molecule has 0 saturated carbocycles. The van der Waals surface area contributed by atoms with Gasteiger partial charge in [0.2, 0.25) is 0 Å². The monoisotopic (exact) mass is 985 g/mol. The first-order valence-electron chi connectivity index (χ1n) is 29.4. The third kappa shape index (κ3) is 56.9. The lowest BCUT2D eigenvalue weighted by molar-refractivity contribution is -0.167. The first-order valence-corrected chi connectivity index (χ1v) is 29.4. The van der Waals surface area contributed by atoms with Gasteiger partial charge in [-0.1, -0.05) is 220 Å². The van der Waals surface area contributed by atoms with E-state index in [1.54, 1.807) is 0 Å². The van der Waals surface area contributed by atoms with Gasteiger partial charge in [-0.05, 0) is 135 Å². The minimum absolute atomic E-state index is 0.103. The van der Waals surface area contributed by atoms with Crippen molar-refractivity contribution in [3.63, 3.8) is 0 Å². The van der Waals surface area contributed by atoms with E-state index in [0.717, 1.165) is 135 Å². The summed E-state index contributed by atoms with van der Waals surface area (Å²) in [4.78, 5) is 38.2. The molecule has 0 spiro atoms. The standard InChI is InChI=1S/C65H108O6/c1-4-7-10-13-16-19-22-25-28-30-32-34-37-40-43-46-49-52-55-58-64(67)70-61-62(60-69-63(66)57-54-51-48-45-42-39-36-27-24-21-18-15-12-9-6-3)71-65(68)59-56-53-50-47-44-41-38-35-33-31-29-26-23-20-17-14-11-8-5-2/h16-21,25-29,32-36,40,43,62H,4-15,22-24,30-31,37-39,41-42,44-61H2,1-3H3/b19-16-,20-17-,21-18-,28-25-,29-26-,34-32-,35-33-,36-27-,43-40-/t62-/m1/s1. The number of ether oxygens (including phenoxy) is 3. The van der Waals surface area contributed by atoms with Crippen molar-refractivity contribution in [3.05, 3.63) is 109 Å². The highest BCUT2D eigenvalue weighted by Gasteiger charge is 2.19. The lowest BCUT2D eigenvalue weighted by atomic mass is 10.1. The van der Waals surface area contributed by atoms with Gasteiger partial charge in [-0.2, -0.15) is 0 Å². The predicted octanol–water partition coefficient (Wildman–Crippen LogP) is 19.9. The van der Waals surface area contributed by atoms with Crippen LogP contribution in [0.15, 0.2) is 109 Å². The van der Waals surface area contributed by atoms with Gasteiger partial charge in [-0.3, -0.25) is 14.4 Å². The van der Waals surface area contributed by atoms with Crippen molar-refractivity contribution in [1.29, 1.82) is 0 Å². The molecule has 0 aliphatic rings. The first kappa shape index (κ1) is 67.1. The van der Waals surface area contributed by atoms with E-state index in [-0.39, 0.29) is 31.1 Å². The third-order valence-electron chi connectivity index (χ3n) is 12.2. The Bertz CT molecular complexity index is 1460. The van der Waals surface area contributed by atoms with Gasteiger partial charge < -0.3 is 14.2 Å². The van der Waals surface area contributed by atoms with Crippen LogP contribution in [0, 0.1) is 0 Å². The highest BCUT2D eigenvalue weighted by molar-refractivity contribution is 5.71. The second-order valence-electron chi connectivity index (χ2n) is 19.2. The maximum atomic E-state index is 12.9. The topological polar surface area (TPSA) is 78.9 Å². The average Bonchev–Trinajstić information content (AvgIpc) is 3.37. The summed E-state index contributed by atoms with van der Waals surface area (Å²) in [5.74, 6) is -0.958. The van der Waals surface area contributed by atoms with Crippen LogP contribution < -0.4 is 0 Å². The van der Waals surface area contributed by atoms with Crippen LogP contribution >= 0.6 is 0 Å². The summed E-state index contributed by atoms with van der Waals surface area (Å²) in [6.45, 7) is 6.51. The maximum Gasteiger partial charge on any atom is 0.306 e. The second-order valence-corrected chi connectivity index (χ2v) is 19.2. The Labute approximate surface area is 438 Å². The zero-order valence-electron chi connectivity index (χ0n) is 46.2. The predicted molar refractivity (Wildman–Crippen MR) is 307 cm³/mol. The molecule has 0 radical (unpaired) electrons. The summed E-state index contributed by atoms with van der Waals surface area (Å²) in [5, 5.41) is 0. The summed E-state index contributed by atoms with van der Waals surface area (Å²) in [5.41, 5.74) is 0. The summed E-state index contributed by atoms with van der Waals surface area (Å²) in [6, 6.07) is 0. The van der Waals surface area contributed by atoms with Gasteiger partial charge >= 0.3 is 17.9 Å². The van der Waals surface area contributed by atoms with Crippen LogP contribution in [0.3, 0.4) is 0 Å². The van der Waals surface area contributed by atoms with Crippen molar-refractivity contribution in [3.8, 4) is 0 Å². The zero-order valence-corrected chi connectivity index (χ0v) is 46.2. The Balaban J connectivity index is 4.51. The number of carbonyl (C=O) groups is 3. The molecule has 0 aliphatic carbocycles. The molecule has 1 atom stereocenters. The lowest BCUT2D eigenvalue weighted by Gasteiger charge is -2.18. The molecule has 0 bridgehead atoms. The SMILES string of the molecule is CCCCC/C=C\C/C=C\C/C=C\C/C=C\CCCCCC(=O)OC[C@@H](COC(=O)CCCCCCC/C=C\C/C=C\CCCCC)OC(=O)CCCCCCCC/C=C\C/C=C\C/C=C\CCCCC. The molecule has 0 fully saturated rings. The number of unbranched alkanes of at least 4 members (excludes halogenated alkanes) is 23. The highest BCUT2D eigenvalue weighted by atomic mass is 16.6. The van der Waals surface area contributed by atoms with Gasteiger partial charge in [0.25, 0.3) is 0 Å². The second kappa shape index (κ2) is 58.6. The van der Waals surface area contributed by atoms with Gasteiger partial charge in [0.05, 0.1) is 0 Å².